The fourth-order valence-electron chi connectivity index (χ4n) is 4.76. The Bertz CT molecular complexity index is 999. The van der Waals surface area contributed by atoms with E-state index in [0.717, 1.165) is 48.8 Å². The van der Waals surface area contributed by atoms with Gasteiger partial charge in [0, 0.05) is 32.5 Å². The Morgan fingerprint density at radius 2 is 2.00 bits per heavy atom. The van der Waals surface area contributed by atoms with Gasteiger partial charge in [0.1, 0.15) is 17.7 Å². The molecular weight excluding hydrogens is 394 g/mol. The van der Waals surface area contributed by atoms with Crippen molar-refractivity contribution in [3.05, 3.63) is 52.2 Å². The molecule has 1 fully saturated rings. The molecule has 164 valence electrons. The fraction of sp³-hybridized carbons (Fsp3) is 0.500. The van der Waals surface area contributed by atoms with Crippen LogP contribution in [0.5, 0.6) is 5.75 Å². The Kier molecular flexibility index (Phi) is 5.32. The number of amides is 1. The third kappa shape index (κ3) is 4.00. The highest BCUT2D eigenvalue weighted by Crippen LogP contribution is 2.31. The maximum Gasteiger partial charge on any atom is 0.256 e. The van der Waals surface area contributed by atoms with E-state index in [1.807, 2.05) is 19.1 Å². The first-order valence-corrected chi connectivity index (χ1v) is 11.1. The van der Waals surface area contributed by atoms with Crippen molar-refractivity contribution < 1.29 is 19.4 Å². The fourth-order valence-corrected chi connectivity index (χ4v) is 4.76. The van der Waals surface area contributed by atoms with Crippen molar-refractivity contribution in [3.63, 3.8) is 0 Å². The van der Waals surface area contributed by atoms with E-state index in [9.17, 15) is 9.90 Å². The topological polar surface area (TPSA) is 75.1 Å². The Morgan fingerprint density at radius 1 is 1.23 bits per heavy atom. The van der Waals surface area contributed by atoms with Crippen LogP contribution in [-0.4, -0.2) is 52.7 Å². The molecule has 1 aromatic heterocycles. The number of benzene rings is 1. The predicted octanol–water partition coefficient (Wildman–Crippen LogP) is 2.80. The molecule has 5 rings (SSSR count). The van der Waals surface area contributed by atoms with Crippen molar-refractivity contribution in [2.24, 2.45) is 0 Å². The van der Waals surface area contributed by atoms with Gasteiger partial charge in [0.25, 0.3) is 5.91 Å². The number of rotatable bonds is 5. The minimum absolute atomic E-state index is 0.0371. The van der Waals surface area contributed by atoms with E-state index in [-0.39, 0.29) is 12.0 Å². The van der Waals surface area contributed by atoms with E-state index in [1.54, 1.807) is 11.8 Å². The zero-order chi connectivity index (χ0) is 21.5. The number of ether oxygens (including phenoxy) is 2. The summed E-state index contributed by atoms with van der Waals surface area (Å²) < 4.78 is 11.7. The Labute approximate surface area is 182 Å². The lowest BCUT2D eigenvalue weighted by Crippen LogP contribution is -2.39. The first-order chi connectivity index (χ1) is 15.0. The standard InChI is InChI=1S/C24H29N3O4/c1-15-9-21-22(12-27(24(21)29)11-16(2)28)25-23(15)26-7-5-19(6-8-26)31-20-4-3-17-13-30-14-18(17)10-20/h3-4,9-10,16,19,28H,5-8,11-14H2,1-2H3. The van der Waals surface area contributed by atoms with Gasteiger partial charge in [-0.05, 0) is 48.7 Å². The number of pyridine rings is 1. The maximum absolute atomic E-state index is 12.6. The largest absolute Gasteiger partial charge is 0.490 e. The van der Waals surface area contributed by atoms with Gasteiger partial charge in [0.05, 0.1) is 37.1 Å². The number of piperidine rings is 1. The van der Waals surface area contributed by atoms with E-state index in [4.69, 9.17) is 14.5 Å². The molecule has 0 bridgehead atoms. The SMILES string of the molecule is Cc1cc2c(nc1N1CCC(Oc3ccc4c(c3)COC4)CC1)CN(CC(C)O)C2=O. The van der Waals surface area contributed by atoms with Gasteiger partial charge in [-0.15, -0.1) is 0 Å². The van der Waals surface area contributed by atoms with Gasteiger partial charge in [-0.2, -0.15) is 0 Å². The van der Waals surface area contributed by atoms with Gasteiger partial charge in [-0.25, -0.2) is 4.98 Å². The number of carbonyl (C=O) groups excluding carboxylic acids is 1. The Balaban J connectivity index is 1.24. The van der Waals surface area contributed by atoms with Crippen LogP contribution in [0, 0.1) is 6.92 Å². The summed E-state index contributed by atoms with van der Waals surface area (Å²) in [4.78, 5) is 21.4. The molecule has 7 heteroatoms. The molecule has 3 aliphatic heterocycles. The van der Waals surface area contributed by atoms with Gasteiger partial charge in [0.15, 0.2) is 0 Å². The molecule has 0 aliphatic carbocycles. The number of β-amino-alcohol motifs (C(OH)–C–C–N with tert-alkyl or cyclic N) is 1. The number of carbonyl (C=O) groups is 1. The number of aliphatic hydroxyl groups is 1. The highest BCUT2D eigenvalue weighted by Gasteiger charge is 2.31. The van der Waals surface area contributed by atoms with E-state index < -0.39 is 6.10 Å². The second-order valence-electron chi connectivity index (χ2n) is 8.89. The van der Waals surface area contributed by atoms with Gasteiger partial charge < -0.3 is 24.4 Å². The van der Waals surface area contributed by atoms with Crippen LogP contribution in [0.15, 0.2) is 24.3 Å². The van der Waals surface area contributed by atoms with Crippen LogP contribution in [-0.2, 0) is 24.5 Å². The third-order valence-corrected chi connectivity index (χ3v) is 6.35. The summed E-state index contributed by atoms with van der Waals surface area (Å²) in [5.74, 6) is 1.84. The van der Waals surface area contributed by atoms with Crippen molar-refractivity contribution in [3.8, 4) is 5.75 Å². The summed E-state index contributed by atoms with van der Waals surface area (Å²) in [6.45, 7) is 7.63. The minimum Gasteiger partial charge on any atom is -0.490 e. The van der Waals surface area contributed by atoms with Crippen LogP contribution in [0.3, 0.4) is 0 Å². The predicted molar refractivity (Wildman–Crippen MR) is 116 cm³/mol. The Morgan fingerprint density at radius 3 is 2.77 bits per heavy atom. The monoisotopic (exact) mass is 423 g/mol. The van der Waals surface area contributed by atoms with Crippen LogP contribution < -0.4 is 9.64 Å². The summed E-state index contributed by atoms with van der Waals surface area (Å²) in [7, 11) is 0. The average Bonchev–Trinajstić information content (AvgIpc) is 3.32. The normalized spacial score (nSPS) is 19.5. The van der Waals surface area contributed by atoms with Crippen LogP contribution >= 0.6 is 0 Å². The highest BCUT2D eigenvalue weighted by atomic mass is 16.5. The van der Waals surface area contributed by atoms with Gasteiger partial charge in [-0.1, -0.05) is 6.07 Å². The molecule has 1 unspecified atom stereocenters. The molecule has 1 saturated heterocycles. The smallest absolute Gasteiger partial charge is 0.256 e. The first-order valence-electron chi connectivity index (χ1n) is 11.1. The van der Waals surface area contributed by atoms with Crippen molar-refractivity contribution in [2.75, 3.05) is 24.5 Å². The number of aryl methyl sites for hydroxylation is 1. The molecule has 1 atom stereocenters. The number of hydrogen-bond donors (Lipinski definition) is 1. The van der Waals surface area contributed by atoms with Gasteiger partial charge in [-0.3, -0.25) is 4.79 Å². The summed E-state index contributed by atoms with van der Waals surface area (Å²) in [6, 6.07) is 8.21. The number of nitrogens with zero attached hydrogens (tertiary/aromatic N) is 3. The number of hydrogen-bond acceptors (Lipinski definition) is 6. The summed E-state index contributed by atoms with van der Waals surface area (Å²) in [5, 5.41) is 9.66. The summed E-state index contributed by atoms with van der Waals surface area (Å²) in [5.41, 5.74) is 4.98. The second-order valence-corrected chi connectivity index (χ2v) is 8.89. The molecule has 1 N–H and O–H groups in total. The molecule has 1 amide bonds. The number of anilines is 1. The second kappa shape index (κ2) is 8.13. The van der Waals surface area contributed by atoms with E-state index >= 15 is 0 Å². The Hall–Kier alpha value is -2.64. The third-order valence-electron chi connectivity index (χ3n) is 6.35. The molecular formula is C24H29N3O4. The van der Waals surface area contributed by atoms with E-state index in [2.05, 4.69) is 17.0 Å². The molecule has 7 nitrogen and oxygen atoms in total. The van der Waals surface area contributed by atoms with Crippen molar-refractivity contribution in [2.45, 2.75) is 58.7 Å². The van der Waals surface area contributed by atoms with Gasteiger partial charge >= 0.3 is 0 Å². The minimum atomic E-state index is -0.545. The zero-order valence-corrected chi connectivity index (χ0v) is 18.1. The molecule has 2 aromatic rings. The molecule has 1 aromatic carbocycles. The number of aliphatic hydroxyl groups excluding tert-OH is 1. The van der Waals surface area contributed by atoms with Crippen molar-refractivity contribution in [1.82, 2.24) is 9.88 Å². The summed E-state index contributed by atoms with van der Waals surface area (Å²) in [6.07, 6.45) is 1.50. The lowest BCUT2D eigenvalue weighted by atomic mass is 10.1. The number of aromatic nitrogens is 1. The van der Waals surface area contributed by atoms with Crippen LogP contribution in [0.25, 0.3) is 0 Å². The lowest BCUT2D eigenvalue weighted by Gasteiger charge is -2.34. The molecule has 0 saturated carbocycles. The van der Waals surface area contributed by atoms with Crippen LogP contribution in [0.2, 0.25) is 0 Å². The van der Waals surface area contributed by atoms with E-state index in [1.165, 1.54) is 11.1 Å². The first kappa shape index (κ1) is 20.3. The zero-order valence-electron chi connectivity index (χ0n) is 18.1. The van der Waals surface area contributed by atoms with Gasteiger partial charge in [0.2, 0.25) is 0 Å². The van der Waals surface area contributed by atoms with Crippen molar-refractivity contribution in [1.29, 1.82) is 0 Å². The number of fused-ring (bicyclic) bond motifs is 2. The quantitative estimate of drug-likeness (QED) is 0.797. The van der Waals surface area contributed by atoms with Crippen LogP contribution in [0.4, 0.5) is 5.82 Å². The molecule has 31 heavy (non-hydrogen) atoms. The average molecular weight is 424 g/mol. The summed E-state index contributed by atoms with van der Waals surface area (Å²) >= 11 is 0. The lowest BCUT2D eigenvalue weighted by molar-refractivity contribution is 0.0671. The molecule has 0 spiro atoms. The highest BCUT2D eigenvalue weighted by molar-refractivity contribution is 5.98. The molecule has 4 heterocycles. The molecule has 0 radical (unpaired) electrons. The molecule has 3 aliphatic rings. The maximum atomic E-state index is 12.6. The van der Waals surface area contributed by atoms with Crippen molar-refractivity contribution >= 4 is 11.7 Å². The van der Waals surface area contributed by atoms with E-state index in [0.29, 0.717) is 31.9 Å². The van der Waals surface area contributed by atoms with Crippen LogP contribution in [0.1, 0.15) is 52.5 Å².